The molecule has 0 aromatic heterocycles. The lowest BCUT2D eigenvalue weighted by atomic mass is 10.1. The highest BCUT2D eigenvalue weighted by molar-refractivity contribution is 5.71. The number of unbranched alkanes of at least 4 members (excludes halogenated alkanes) is 23. The summed E-state index contributed by atoms with van der Waals surface area (Å²) in [5, 5.41) is 0. The van der Waals surface area contributed by atoms with Gasteiger partial charge in [0.25, 0.3) is 0 Å². The van der Waals surface area contributed by atoms with Crippen molar-refractivity contribution in [2.75, 3.05) is 13.2 Å². The predicted octanol–water partition coefficient (Wildman–Crippen LogP) is 16.1. The molecule has 0 spiro atoms. The predicted molar refractivity (Wildman–Crippen MR) is 251 cm³/mol. The Kier molecular flexibility index (Phi) is 45.4. The zero-order chi connectivity index (χ0) is 43.0. The SMILES string of the molecule is CCCC/C=C\C/C=C\CCCCCCCC(=O)O[C@@H](COC(=O)CCCCCC/C=C\C/C=C\C/C=C\CCCCC)COC(=O)CCCCCCCCCCCC. The normalized spacial score (nSPS) is 12.5. The highest BCUT2D eigenvalue weighted by Crippen LogP contribution is 2.14. The highest BCUT2D eigenvalue weighted by atomic mass is 16.6. The minimum atomic E-state index is -0.787. The summed E-state index contributed by atoms with van der Waals surface area (Å²) in [6.07, 6.45) is 57.7. The summed E-state index contributed by atoms with van der Waals surface area (Å²) >= 11 is 0. The Morgan fingerprint density at radius 1 is 0.339 bits per heavy atom. The minimum Gasteiger partial charge on any atom is -0.462 e. The summed E-state index contributed by atoms with van der Waals surface area (Å²) in [6.45, 7) is 6.52. The Morgan fingerprint density at radius 3 is 1.03 bits per heavy atom. The van der Waals surface area contributed by atoms with Gasteiger partial charge in [-0.25, -0.2) is 0 Å². The molecule has 59 heavy (non-hydrogen) atoms. The molecule has 0 amide bonds. The number of ether oxygens (including phenoxy) is 3. The molecule has 0 bridgehead atoms. The van der Waals surface area contributed by atoms with Gasteiger partial charge < -0.3 is 14.2 Å². The van der Waals surface area contributed by atoms with E-state index in [4.69, 9.17) is 14.2 Å². The van der Waals surface area contributed by atoms with Gasteiger partial charge in [0.15, 0.2) is 6.10 Å². The van der Waals surface area contributed by atoms with Crippen LogP contribution in [0.4, 0.5) is 0 Å². The van der Waals surface area contributed by atoms with E-state index in [9.17, 15) is 14.4 Å². The molecule has 0 fully saturated rings. The van der Waals surface area contributed by atoms with Crippen molar-refractivity contribution < 1.29 is 28.6 Å². The van der Waals surface area contributed by atoms with Crippen LogP contribution in [0, 0.1) is 0 Å². The van der Waals surface area contributed by atoms with Crippen molar-refractivity contribution in [2.24, 2.45) is 0 Å². The maximum Gasteiger partial charge on any atom is 0.306 e. The molecule has 0 radical (unpaired) electrons. The molecule has 0 aliphatic carbocycles. The van der Waals surface area contributed by atoms with E-state index in [1.54, 1.807) is 0 Å². The number of carbonyl (C=O) groups excluding carboxylic acids is 3. The topological polar surface area (TPSA) is 78.9 Å². The number of hydrogen-bond acceptors (Lipinski definition) is 6. The van der Waals surface area contributed by atoms with Gasteiger partial charge in [-0.3, -0.25) is 14.4 Å². The molecular formula is C53H92O6. The molecule has 0 saturated heterocycles. The summed E-state index contributed by atoms with van der Waals surface area (Å²) in [4.78, 5) is 37.8. The highest BCUT2D eigenvalue weighted by Gasteiger charge is 2.19. The summed E-state index contributed by atoms with van der Waals surface area (Å²) in [5.41, 5.74) is 0. The van der Waals surface area contributed by atoms with Gasteiger partial charge in [0.05, 0.1) is 0 Å². The lowest BCUT2D eigenvalue weighted by Crippen LogP contribution is -2.30. The first-order valence-corrected chi connectivity index (χ1v) is 24.8. The molecule has 0 aliphatic rings. The van der Waals surface area contributed by atoms with E-state index in [-0.39, 0.29) is 31.1 Å². The maximum atomic E-state index is 12.7. The molecule has 0 unspecified atom stereocenters. The largest absolute Gasteiger partial charge is 0.462 e. The Morgan fingerprint density at radius 2 is 0.627 bits per heavy atom. The Bertz CT molecular complexity index is 1090. The van der Waals surface area contributed by atoms with Gasteiger partial charge in [0.1, 0.15) is 13.2 Å². The minimum absolute atomic E-state index is 0.0862. The van der Waals surface area contributed by atoms with Crippen LogP contribution in [0.3, 0.4) is 0 Å². The molecule has 0 heterocycles. The van der Waals surface area contributed by atoms with Crippen LogP contribution >= 0.6 is 0 Å². The summed E-state index contributed by atoms with van der Waals surface area (Å²) in [6, 6.07) is 0. The van der Waals surface area contributed by atoms with E-state index < -0.39 is 6.10 Å². The zero-order valence-corrected chi connectivity index (χ0v) is 38.8. The van der Waals surface area contributed by atoms with Crippen LogP contribution in [0.25, 0.3) is 0 Å². The smallest absolute Gasteiger partial charge is 0.306 e. The fourth-order valence-electron chi connectivity index (χ4n) is 6.70. The maximum absolute atomic E-state index is 12.7. The molecule has 0 saturated carbocycles. The molecule has 0 aromatic carbocycles. The van der Waals surface area contributed by atoms with E-state index in [1.807, 2.05) is 0 Å². The lowest BCUT2D eigenvalue weighted by molar-refractivity contribution is -0.167. The Labute approximate surface area is 364 Å². The second kappa shape index (κ2) is 47.8. The first-order chi connectivity index (χ1) is 29.0. The van der Waals surface area contributed by atoms with Gasteiger partial charge in [-0.05, 0) is 83.5 Å². The van der Waals surface area contributed by atoms with E-state index in [0.29, 0.717) is 19.3 Å². The quantitative estimate of drug-likeness (QED) is 0.0263. The van der Waals surface area contributed by atoms with Crippen molar-refractivity contribution in [1.82, 2.24) is 0 Å². The third-order valence-electron chi connectivity index (χ3n) is 10.5. The van der Waals surface area contributed by atoms with Crippen LogP contribution < -0.4 is 0 Å². The van der Waals surface area contributed by atoms with E-state index in [2.05, 4.69) is 81.5 Å². The molecule has 0 rings (SSSR count). The summed E-state index contributed by atoms with van der Waals surface area (Å²) in [5.74, 6) is -0.923. The fourth-order valence-corrected chi connectivity index (χ4v) is 6.70. The molecule has 0 aromatic rings. The van der Waals surface area contributed by atoms with Gasteiger partial charge in [0.2, 0.25) is 0 Å². The number of carbonyl (C=O) groups is 3. The van der Waals surface area contributed by atoms with Gasteiger partial charge in [-0.1, -0.05) is 197 Å². The van der Waals surface area contributed by atoms with Crippen molar-refractivity contribution in [3.05, 3.63) is 60.8 Å². The zero-order valence-electron chi connectivity index (χ0n) is 38.8. The molecule has 0 aliphatic heterocycles. The first-order valence-electron chi connectivity index (χ1n) is 24.8. The molecular weight excluding hydrogens is 733 g/mol. The summed E-state index contributed by atoms with van der Waals surface area (Å²) < 4.78 is 16.7. The van der Waals surface area contributed by atoms with E-state index in [0.717, 1.165) is 109 Å². The molecule has 340 valence electrons. The third-order valence-corrected chi connectivity index (χ3v) is 10.5. The standard InChI is InChI=1S/C53H92O6/c1-4-7-10-13-16-19-22-24-26-27-28-30-31-34-37-40-43-46-52(55)58-49-50(48-57-51(54)45-42-39-36-33-21-18-15-12-9-6-3)59-53(56)47-44-41-38-35-32-29-25-23-20-17-14-11-8-5-2/h14,16-17,19,23-26,28,30,50H,4-13,15,18,20-22,27,29,31-49H2,1-3H3/b17-14-,19-16-,25-23-,26-24-,30-28-/t50-/m1/s1. The van der Waals surface area contributed by atoms with Gasteiger partial charge in [-0.2, -0.15) is 0 Å². The monoisotopic (exact) mass is 825 g/mol. The van der Waals surface area contributed by atoms with Crippen molar-refractivity contribution in [3.8, 4) is 0 Å². The number of esters is 3. The third kappa shape index (κ3) is 46.0. The molecule has 6 nitrogen and oxygen atoms in total. The van der Waals surface area contributed by atoms with Crippen molar-refractivity contribution in [1.29, 1.82) is 0 Å². The van der Waals surface area contributed by atoms with E-state index in [1.165, 1.54) is 89.9 Å². The van der Waals surface area contributed by atoms with Crippen LogP contribution in [0.15, 0.2) is 60.8 Å². The van der Waals surface area contributed by atoms with Crippen LogP contribution in [-0.2, 0) is 28.6 Å². The number of allylic oxidation sites excluding steroid dienone is 10. The van der Waals surface area contributed by atoms with Crippen LogP contribution in [0.2, 0.25) is 0 Å². The van der Waals surface area contributed by atoms with Crippen molar-refractivity contribution in [2.45, 2.75) is 245 Å². The van der Waals surface area contributed by atoms with E-state index >= 15 is 0 Å². The van der Waals surface area contributed by atoms with Crippen molar-refractivity contribution in [3.63, 3.8) is 0 Å². The fraction of sp³-hybridized carbons (Fsp3) is 0.755. The van der Waals surface area contributed by atoms with Crippen molar-refractivity contribution >= 4 is 17.9 Å². The molecule has 0 N–H and O–H groups in total. The Balaban J connectivity index is 4.41. The number of rotatable bonds is 44. The second-order valence-corrected chi connectivity index (χ2v) is 16.4. The van der Waals surface area contributed by atoms with Crippen LogP contribution in [-0.4, -0.2) is 37.2 Å². The van der Waals surface area contributed by atoms with Crippen LogP contribution in [0.5, 0.6) is 0 Å². The van der Waals surface area contributed by atoms with Crippen LogP contribution in [0.1, 0.15) is 239 Å². The molecule has 1 atom stereocenters. The lowest BCUT2D eigenvalue weighted by Gasteiger charge is -2.18. The Hall–Kier alpha value is -2.89. The average Bonchev–Trinajstić information content (AvgIpc) is 3.23. The average molecular weight is 825 g/mol. The van der Waals surface area contributed by atoms with Gasteiger partial charge >= 0.3 is 17.9 Å². The molecule has 6 heteroatoms. The van der Waals surface area contributed by atoms with Gasteiger partial charge in [0, 0.05) is 19.3 Å². The summed E-state index contributed by atoms with van der Waals surface area (Å²) in [7, 11) is 0. The first kappa shape index (κ1) is 56.1. The van der Waals surface area contributed by atoms with Gasteiger partial charge in [-0.15, -0.1) is 0 Å². The number of hydrogen-bond donors (Lipinski definition) is 0. The second-order valence-electron chi connectivity index (χ2n) is 16.4.